The van der Waals surface area contributed by atoms with E-state index in [0.717, 1.165) is 32.4 Å². The fourth-order valence-electron chi connectivity index (χ4n) is 2.49. The van der Waals surface area contributed by atoms with Gasteiger partial charge in [0.1, 0.15) is 5.75 Å². The lowest BCUT2D eigenvalue weighted by Gasteiger charge is -2.23. The summed E-state index contributed by atoms with van der Waals surface area (Å²) >= 11 is 5.82. The normalized spacial score (nSPS) is 19.6. The minimum Gasteiger partial charge on any atom is -0.506 e. The number of nitrogens with zero attached hydrogens (tertiary/aromatic N) is 1. The van der Waals surface area contributed by atoms with Gasteiger partial charge in [0.05, 0.1) is 11.1 Å². The van der Waals surface area contributed by atoms with E-state index in [9.17, 15) is 9.90 Å². The van der Waals surface area contributed by atoms with Gasteiger partial charge >= 0.3 is 0 Å². The molecule has 1 amide bonds. The Morgan fingerprint density at radius 1 is 1.58 bits per heavy atom. The smallest absolute Gasteiger partial charge is 0.241 e. The third kappa shape index (κ3) is 3.39. The molecule has 0 bridgehead atoms. The minimum atomic E-state index is -0.0486. The Labute approximate surface area is 118 Å². The minimum absolute atomic E-state index is 0.00714. The summed E-state index contributed by atoms with van der Waals surface area (Å²) in [6.45, 7) is 4.06. The summed E-state index contributed by atoms with van der Waals surface area (Å²) in [5.74, 6) is 0.0286. The number of rotatable bonds is 4. The number of hydrogen-bond donors (Lipinski definition) is 2. The molecule has 1 atom stereocenters. The zero-order valence-electron chi connectivity index (χ0n) is 11.0. The van der Waals surface area contributed by atoms with Crippen LogP contribution in [0.5, 0.6) is 5.75 Å². The summed E-state index contributed by atoms with van der Waals surface area (Å²) in [7, 11) is 0. The van der Waals surface area contributed by atoms with Crippen molar-refractivity contribution in [2.75, 3.05) is 18.4 Å². The van der Waals surface area contributed by atoms with Crippen molar-refractivity contribution in [3.05, 3.63) is 23.2 Å². The molecule has 0 unspecified atom stereocenters. The molecule has 0 aromatic heterocycles. The van der Waals surface area contributed by atoms with E-state index in [0.29, 0.717) is 5.69 Å². The molecule has 1 aromatic carbocycles. The number of nitrogens with one attached hydrogen (secondary N) is 1. The van der Waals surface area contributed by atoms with Crippen LogP contribution in [-0.2, 0) is 4.79 Å². The second-order valence-corrected chi connectivity index (χ2v) is 5.26. The van der Waals surface area contributed by atoms with Gasteiger partial charge in [-0.25, -0.2) is 0 Å². The number of likely N-dealkylation sites (tertiary alicyclic amines) is 1. The van der Waals surface area contributed by atoms with E-state index in [4.69, 9.17) is 11.6 Å². The number of carbonyl (C=O) groups is 1. The van der Waals surface area contributed by atoms with E-state index in [1.807, 2.05) is 0 Å². The maximum atomic E-state index is 12.2. The Morgan fingerprint density at radius 2 is 2.37 bits per heavy atom. The van der Waals surface area contributed by atoms with E-state index in [1.165, 1.54) is 6.07 Å². The molecule has 2 N–H and O–H groups in total. The lowest BCUT2D eigenvalue weighted by Crippen LogP contribution is -2.39. The Hall–Kier alpha value is -1.26. The molecule has 1 aliphatic rings. The van der Waals surface area contributed by atoms with Crippen molar-refractivity contribution in [2.45, 2.75) is 32.2 Å². The molecule has 1 aromatic rings. The van der Waals surface area contributed by atoms with Crippen molar-refractivity contribution in [2.24, 2.45) is 0 Å². The zero-order chi connectivity index (χ0) is 13.8. The van der Waals surface area contributed by atoms with Crippen molar-refractivity contribution >= 4 is 23.2 Å². The molecule has 4 nitrogen and oxygen atoms in total. The van der Waals surface area contributed by atoms with Gasteiger partial charge in [-0.15, -0.1) is 0 Å². The zero-order valence-corrected chi connectivity index (χ0v) is 11.8. The first kappa shape index (κ1) is 14.2. The molecular formula is C14H19ClN2O2. The predicted octanol–water partition coefficient (Wildman–Crippen LogP) is 2.86. The van der Waals surface area contributed by atoms with Gasteiger partial charge in [-0.1, -0.05) is 18.5 Å². The van der Waals surface area contributed by atoms with Crippen molar-refractivity contribution in [1.29, 1.82) is 0 Å². The molecule has 1 heterocycles. The van der Waals surface area contributed by atoms with Crippen LogP contribution in [0.15, 0.2) is 18.2 Å². The SMILES string of the molecule is CCCN1CCC[C@@H]1C(=O)Nc1ccc(O)c(Cl)c1. The van der Waals surface area contributed by atoms with Crippen molar-refractivity contribution in [3.63, 3.8) is 0 Å². The van der Waals surface area contributed by atoms with Crippen LogP contribution >= 0.6 is 11.6 Å². The molecule has 2 rings (SSSR count). The summed E-state index contributed by atoms with van der Waals surface area (Å²) in [5, 5.41) is 12.5. The third-order valence-corrected chi connectivity index (χ3v) is 3.70. The summed E-state index contributed by atoms with van der Waals surface area (Å²) in [6.07, 6.45) is 3.01. The first-order valence-electron chi connectivity index (χ1n) is 6.65. The first-order chi connectivity index (χ1) is 9.11. The van der Waals surface area contributed by atoms with Crippen molar-refractivity contribution in [1.82, 2.24) is 4.90 Å². The summed E-state index contributed by atoms with van der Waals surface area (Å²) in [5.41, 5.74) is 0.621. The van der Waals surface area contributed by atoms with Crippen molar-refractivity contribution in [3.8, 4) is 5.75 Å². The van der Waals surface area contributed by atoms with Gasteiger partial charge in [-0.3, -0.25) is 9.69 Å². The van der Waals surface area contributed by atoms with Gasteiger partial charge in [0, 0.05) is 5.69 Å². The quantitative estimate of drug-likeness (QED) is 0.835. The van der Waals surface area contributed by atoms with E-state index in [2.05, 4.69) is 17.1 Å². The summed E-state index contributed by atoms with van der Waals surface area (Å²) < 4.78 is 0. The fraction of sp³-hybridized carbons (Fsp3) is 0.500. The molecule has 0 saturated carbocycles. The molecule has 1 fully saturated rings. The Balaban J connectivity index is 2.02. The lowest BCUT2D eigenvalue weighted by molar-refractivity contribution is -0.120. The van der Waals surface area contributed by atoms with Crippen LogP contribution in [0, 0.1) is 0 Å². The van der Waals surface area contributed by atoms with Gasteiger partial charge in [-0.05, 0) is 50.6 Å². The number of carbonyl (C=O) groups excluding carboxylic acids is 1. The van der Waals surface area contributed by atoms with Crippen molar-refractivity contribution < 1.29 is 9.90 Å². The highest BCUT2D eigenvalue weighted by molar-refractivity contribution is 6.32. The Bertz CT molecular complexity index is 465. The average Bonchev–Trinajstić information content (AvgIpc) is 2.83. The van der Waals surface area contributed by atoms with E-state index >= 15 is 0 Å². The maximum Gasteiger partial charge on any atom is 0.241 e. The lowest BCUT2D eigenvalue weighted by atomic mass is 10.2. The van der Waals surface area contributed by atoms with Crippen LogP contribution in [0.25, 0.3) is 0 Å². The van der Waals surface area contributed by atoms with Crippen LogP contribution in [0.3, 0.4) is 0 Å². The highest BCUT2D eigenvalue weighted by atomic mass is 35.5. The number of phenolic OH excluding ortho intramolecular Hbond substituents is 1. The molecule has 1 saturated heterocycles. The highest BCUT2D eigenvalue weighted by Gasteiger charge is 2.29. The van der Waals surface area contributed by atoms with Crippen LogP contribution in [0.1, 0.15) is 26.2 Å². The van der Waals surface area contributed by atoms with Gasteiger partial charge in [0.2, 0.25) is 5.91 Å². The maximum absolute atomic E-state index is 12.2. The van der Waals surface area contributed by atoms with Crippen LogP contribution < -0.4 is 5.32 Å². The second kappa shape index (κ2) is 6.26. The van der Waals surface area contributed by atoms with Gasteiger partial charge in [0.25, 0.3) is 0 Å². The molecule has 1 aliphatic heterocycles. The van der Waals surface area contributed by atoms with Crippen LogP contribution in [-0.4, -0.2) is 35.0 Å². The number of halogens is 1. The second-order valence-electron chi connectivity index (χ2n) is 4.85. The highest BCUT2D eigenvalue weighted by Crippen LogP contribution is 2.27. The predicted molar refractivity (Wildman–Crippen MR) is 76.6 cm³/mol. The standard InChI is InChI=1S/C14H19ClN2O2/c1-2-7-17-8-3-4-12(17)14(19)16-10-5-6-13(18)11(15)9-10/h5-6,9,12,18H,2-4,7-8H2,1H3,(H,16,19)/t12-/m1/s1. The summed E-state index contributed by atoms with van der Waals surface area (Å²) in [6, 6.07) is 4.65. The van der Waals surface area contributed by atoms with Crippen LogP contribution in [0.2, 0.25) is 5.02 Å². The number of anilines is 1. The molecule has 104 valence electrons. The fourth-order valence-corrected chi connectivity index (χ4v) is 2.67. The van der Waals surface area contributed by atoms with Crippen LogP contribution in [0.4, 0.5) is 5.69 Å². The Morgan fingerprint density at radius 3 is 3.05 bits per heavy atom. The average molecular weight is 283 g/mol. The number of amides is 1. The number of hydrogen-bond acceptors (Lipinski definition) is 3. The van der Waals surface area contributed by atoms with Gasteiger partial charge in [-0.2, -0.15) is 0 Å². The molecule has 5 heteroatoms. The third-order valence-electron chi connectivity index (χ3n) is 3.39. The molecule has 19 heavy (non-hydrogen) atoms. The molecule has 0 spiro atoms. The monoisotopic (exact) mass is 282 g/mol. The molecular weight excluding hydrogens is 264 g/mol. The molecule has 0 radical (unpaired) electrons. The van der Waals surface area contributed by atoms with E-state index in [-0.39, 0.29) is 22.7 Å². The number of benzene rings is 1. The topological polar surface area (TPSA) is 52.6 Å². The number of aromatic hydroxyl groups is 1. The van der Waals surface area contributed by atoms with Gasteiger partial charge in [0.15, 0.2) is 0 Å². The summed E-state index contributed by atoms with van der Waals surface area (Å²) in [4.78, 5) is 14.5. The number of phenols is 1. The van der Waals surface area contributed by atoms with E-state index in [1.54, 1.807) is 12.1 Å². The van der Waals surface area contributed by atoms with E-state index < -0.39 is 0 Å². The Kier molecular flexibility index (Phi) is 4.66. The molecule has 0 aliphatic carbocycles. The largest absolute Gasteiger partial charge is 0.506 e. The van der Waals surface area contributed by atoms with Gasteiger partial charge < -0.3 is 10.4 Å². The first-order valence-corrected chi connectivity index (χ1v) is 7.03.